The van der Waals surface area contributed by atoms with E-state index in [9.17, 15) is 13.6 Å². The van der Waals surface area contributed by atoms with E-state index in [1.807, 2.05) is 6.92 Å². The third-order valence-electron chi connectivity index (χ3n) is 7.78. The van der Waals surface area contributed by atoms with Crippen LogP contribution in [0.5, 0.6) is 11.5 Å². The molecule has 0 aromatic heterocycles. The number of ether oxygens (including phenoxy) is 2. The van der Waals surface area contributed by atoms with Crippen LogP contribution in [0, 0.1) is 28.9 Å². The lowest BCUT2D eigenvalue weighted by molar-refractivity contribution is -0.141. The number of carbonyl (C=O) groups is 1. The first-order valence-electron chi connectivity index (χ1n) is 12.8. The van der Waals surface area contributed by atoms with E-state index >= 15 is 0 Å². The van der Waals surface area contributed by atoms with Gasteiger partial charge in [0.1, 0.15) is 0 Å². The second-order valence-electron chi connectivity index (χ2n) is 9.89. The van der Waals surface area contributed by atoms with E-state index in [0.717, 1.165) is 38.5 Å². The molecule has 0 heterocycles. The van der Waals surface area contributed by atoms with E-state index in [4.69, 9.17) is 9.47 Å². The van der Waals surface area contributed by atoms with Gasteiger partial charge in [0.25, 0.3) is 0 Å². The van der Waals surface area contributed by atoms with Gasteiger partial charge in [-0.1, -0.05) is 52.4 Å². The van der Waals surface area contributed by atoms with Crippen molar-refractivity contribution < 1.29 is 23.0 Å². The summed E-state index contributed by atoms with van der Waals surface area (Å²) in [6, 6.07) is 2.64. The number of rotatable bonds is 10. The molecule has 0 aliphatic heterocycles. The van der Waals surface area contributed by atoms with Crippen LogP contribution in [0.15, 0.2) is 12.1 Å². The van der Waals surface area contributed by atoms with Crippen LogP contribution in [0.4, 0.5) is 8.78 Å². The lowest BCUT2D eigenvalue weighted by atomic mass is 9.59. The molecular formula is C27H40F2O3. The van der Waals surface area contributed by atoms with Gasteiger partial charge in [0, 0.05) is 0 Å². The average molecular weight is 451 g/mol. The second kappa shape index (κ2) is 12.0. The van der Waals surface area contributed by atoms with Gasteiger partial charge in [-0.15, -0.1) is 0 Å². The highest BCUT2D eigenvalue weighted by Crippen LogP contribution is 2.52. The number of halogens is 2. The maximum atomic E-state index is 14.4. The Morgan fingerprint density at radius 1 is 0.938 bits per heavy atom. The van der Waals surface area contributed by atoms with Gasteiger partial charge in [0.05, 0.1) is 12.5 Å². The van der Waals surface area contributed by atoms with Gasteiger partial charge in [-0.25, -0.2) is 0 Å². The minimum Gasteiger partial charge on any atom is -0.490 e. The zero-order valence-corrected chi connectivity index (χ0v) is 19.9. The van der Waals surface area contributed by atoms with E-state index in [0.29, 0.717) is 17.9 Å². The SMILES string of the molecule is CCCCOc1ccc(OC(=O)C2CCC(C3(CCCC)CCCCC3)CC2)c(F)c1F. The highest BCUT2D eigenvalue weighted by atomic mass is 19.2. The Hall–Kier alpha value is -1.65. The summed E-state index contributed by atoms with van der Waals surface area (Å²) in [6.45, 7) is 4.58. The average Bonchev–Trinajstić information content (AvgIpc) is 2.83. The van der Waals surface area contributed by atoms with Crippen LogP contribution in [0.3, 0.4) is 0 Å². The molecule has 32 heavy (non-hydrogen) atoms. The minimum absolute atomic E-state index is 0.138. The minimum atomic E-state index is -1.15. The standard InChI is InChI=1S/C27H40F2O3/c1-3-5-16-27(17-8-7-9-18-27)21-12-10-20(11-13-21)26(30)32-23-15-14-22(24(28)25(23)29)31-19-6-4-2/h14-15,20-21H,3-13,16-19H2,1-2H3. The molecule has 0 unspecified atom stereocenters. The summed E-state index contributed by atoms with van der Waals surface area (Å²) in [7, 11) is 0. The summed E-state index contributed by atoms with van der Waals surface area (Å²) >= 11 is 0. The Balaban J connectivity index is 1.57. The molecule has 0 atom stereocenters. The van der Waals surface area contributed by atoms with Crippen LogP contribution in [-0.4, -0.2) is 12.6 Å². The van der Waals surface area contributed by atoms with Gasteiger partial charge in [-0.2, -0.15) is 8.78 Å². The molecule has 0 spiro atoms. The van der Waals surface area contributed by atoms with Gasteiger partial charge in [0.15, 0.2) is 11.5 Å². The van der Waals surface area contributed by atoms with E-state index < -0.39 is 17.6 Å². The number of hydrogen-bond donors (Lipinski definition) is 0. The lowest BCUT2D eigenvalue weighted by Gasteiger charge is -2.46. The fourth-order valence-electron chi connectivity index (χ4n) is 5.81. The third kappa shape index (κ3) is 6.02. The van der Waals surface area contributed by atoms with E-state index in [-0.39, 0.29) is 17.4 Å². The molecular weight excluding hydrogens is 410 g/mol. The van der Waals surface area contributed by atoms with Crippen molar-refractivity contribution in [3.05, 3.63) is 23.8 Å². The van der Waals surface area contributed by atoms with E-state index in [1.54, 1.807) is 0 Å². The van der Waals surface area contributed by atoms with Crippen LogP contribution >= 0.6 is 0 Å². The number of unbranched alkanes of at least 4 members (excludes halogenated alkanes) is 2. The topological polar surface area (TPSA) is 35.5 Å². The monoisotopic (exact) mass is 450 g/mol. The largest absolute Gasteiger partial charge is 0.490 e. The summed E-state index contributed by atoms with van der Waals surface area (Å²) in [5.41, 5.74) is 0.450. The fourth-order valence-corrected chi connectivity index (χ4v) is 5.81. The first-order valence-corrected chi connectivity index (χ1v) is 12.8. The normalized spacial score (nSPS) is 23.0. The summed E-state index contributed by atoms with van der Waals surface area (Å²) in [4.78, 5) is 12.7. The molecule has 0 bridgehead atoms. The molecule has 3 rings (SSSR count). The van der Waals surface area contributed by atoms with Gasteiger partial charge in [0.2, 0.25) is 11.6 Å². The van der Waals surface area contributed by atoms with Crippen molar-refractivity contribution in [3.63, 3.8) is 0 Å². The van der Waals surface area contributed by atoms with E-state index in [2.05, 4.69) is 6.92 Å². The van der Waals surface area contributed by atoms with Gasteiger partial charge >= 0.3 is 5.97 Å². The Morgan fingerprint density at radius 3 is 2.22 bits per heavy atom. The smallest absolute Gasteiger partial charge is 0.314 e. The summed E-state index contributed by atoms with van der Waals surface area (Å²) in [5.74, 6) is -2.72. The Bertz CT molecular complexity index is 735. The zero-order valence-electron chi connectivity index (χ0n) is 19.9. The Labute approximate surface area is 192 Å². The van der Waals surface area contributed by atoms with Crippen molar-refractivity contribution in [2.24, 2.45) is 17.3 Å². The maximum absolute atomic E-state index is 14.4. The second-order valence-corrected chi connectivity index (χ2v) is 9.89. The molecule has 2 fully saturated rings. The number of hydrogen-bond acceptors (Lipinski definition) is 3. The van der Waals surface area contributed by atoms with Crippen molar-refractivity contribution in [1.29, 1.82) is 0 Å². The van der Waals surface area contributed by atoms with Crippen molar-refractivity contribution in [3.8, 4) is 11.5 Å². The molecule has 2 saturated carbocycles. The van der Waals surface area contributed by atoms with Crippen molar-refractivity contribution in [2.45, 2.75) is 104 Å². The molecule has 0 saturated heterocycles. The highest BCUT2D eigenvalue weighted by Gasteiger charge is 2.41. The van der Waals surface area contributed by atoms with Gasteiger partial charge in [-0.05, 0) is 74.8 Å². The third-order valence-corrected chi connectivity index (χ3v) is 7.78. The highest BCUT2D eigenvalue weighted by molar-refractivity contribution is 5.75. The number of esters is 1. The molecule has 5 heteroatoms. The quantitative estimate of drug-likeness (QED) is 0.206. The predicted octanol–water partition coefficient (Wildman–Crippen LogP) is 8.00. The van der Waals surface area contributed by atoms with Gasteiger partial charge in [-0.3, -0.25) is 4.79 Å². The van der Waals surface area contributed by atoms with Gasteiger partial charge < -0.3 is 9.47 Å². The van der Waals surface area contributed by atoms with Crippen molar-refractivity contribution in [1.82, 2.24) is 0 Å². The lowest BCUT2D eigenvalue weighted by Crippen LogP contribution is -2.37. The summed E-state index contributed by atoms with van der Waals surface area (Å²) < 4.78 is 39.3. The molecule has 0 radical (unpaired) electrons. The predicted molar refractivity (Wildman–Crippen MR) is 123 cm³/mol. The summed E-state index contributed by atoms with van der Waals surface area (Å²) in [5, 5.41) is 0. The van der Waals surface area contributed by atoms with Crippen LogP contribution in [0.25, 0.3) is 0 Å². The fraction of sp³-hybridized carbons (Fsp3) is 0.741. The summed E-state index contributed by atoms with van der Waals surface area (Å²) in [6.07, 6.45) is 15.8. The molecule has 1 aromatic carbocycles. The van der Waals surface area contributed by atoms with Crippen molar-refractivity contribution in [2.75, 3.05) is 6.61 Å². The van der Waals surface area contributed by atoms with Crippen molar-refractivity contribution >= 4 is 5.97 Å². The van der Waals surface area contributed by atoms with Crippen LogP contribution in [0.2, 0.25) is 0 Å². The first-order chi connectivity index (χ1) is 15.5. The Kier molecular flexibility index (Phi) is 9.36. The van der Waals surface area contributed by atoms with Crippen LogP contribution < -0.4 is 9.47 Å². The first kappa shape index (κ1) is 25.0. The number of carbonyl (C=O) groups excluding carboxylic acids is 1. The zero-order chi connectivity index (χ0) is 23.0. The number of benzene rings is 1. The van der Waals surface area contributed by atoms with Crippen LogP contribution in [-0.2, 0) is 4.79 Å². The Morgan fingerprint density at radius 2 is 1.56 bits per heavy atom. The molecule has 2 aliphatic carbocycles. The molecule has 0 N–H and O–H groups in total. The molecule has 2 aliphatic rings. The van der Waals surface area contributed by atoms with E-state index in [1.165, 1.54) is 63.5 Å². The maximum Gasteiger partial charge on any atom is 0.314 e. The molecule has 1 aromatic rings. The molecule has 0 amide bonds. The molecule has 180 valence electrons. The molecule has 3 nitrogen and oxygen atoms in total. The van der Waals surface area contributed by atoms with Crippen LogP contribution in [0.1, 0.15) is 104 Å².